The predicted octanol–water partition coefficient (Wildman–Crippen LogP) is 3.71. The Balaban J connectivity index is 1.84. The minimum Gasteiger partial charge on any atom is -0.397 e. The van der Waals surface area contributed by atoms with Gasteiger partial charge in [-0.3, -0.25) is 0 Å². The molecule has 0 bridgehead atoms. The lowest BCUT2D eigenvalue weighted by molar-refractivity contribution is -0.0612. The number of nitrogens with two attached hydrogens (primary N) is 1. The van der Waals surface area contributed by atoms with Gasteiger partial charge in [-0.15, -0.1) is 0 Å². The summed E-state index contributed by atoms with van der Waals surface area (Å²) in [5.74, 6) is 0.332. The molecule has 5 heteroatoms. The Kier molecular flexibility index (Phi) is 3.78. The molecule has 2 aliphatic rings. The van der Waals surface area contributed by atoms with E-state index in [9.17, 15) is 5.11 Å². The number of nitrogens with zero attached hydrogens (tertiary/aromatic N) is 1. The van der Waals surface area contributed by atoms with Gasteiger partial charge in [-0.2, -0.15) is 0 Å². The Bertz CT molecular complexity index is 523. The van der Waals surface area contributed by atoms with E-state index in [1.54, 1.807) is 6.07 Å². The van der Waals surface area contributed by atoms with Gasteiger partial charge >= 0.3 is 0 Å². The molecule has 3 N–H and O–H groups in total. The highest BCUT2D eigenvalue weighted by Gasteiger charge is 2.43. The molecule has 2 unspecified atom stereocenters. The second-order valence-electron chi connectivity index (χ2n) is 6.07. The van der Waals surface area contributed by atoms with Crippen LogP contribution in [0.2, 0.25) is 10.0 Å². The van der Waals surface area contributed by atoms with Crippen molar-refractivity contribution in [3.05, 3.63) is 22.2 Å². The Morgan fingerprint density at radius 3 is 2.75 bits per heavy atom. The summed E-state index contributed by atoms with van der Waals surface area (Å²) in [4.78, 5) is 2.24. The summed E-state index contributed by atoms with van der Waals surface area (Å²) in [6.45, 7) is 1.66. The maximum absolute atomic E-state index is 10.7. The molecular weight excluding hydrogens is 295 g/mol. The second-order valence-corrected chi connectivity index (χ2v) is 6.88. The molecule has 0 amide bonds. The lowest BCUT2D eigenvalue weighted by Gasteiger charge is -2.48. The van der Waals surface area contributed by atoms with Crippen molar-refractivity contribution in [1.29, 1.82) is 0 Å². The number of benzene rings is 1. The fourth-order valence-electron chi connectivity index (χ4n) is 3.62. The van der Waals surface area contributed by atoms with E-state index in [-0.39, 0.29) is 0 Å². The van der Waals surface area contributed by atoms with Crippen LogP contribution in [0.4, 0.5) is 11.4 Å². The first kappa shape index (κ1) is 14.3. The van der Waals surface area contributed by atoms with E-state index in [0.29, 0.717) is 21.7 Å². The third kappa shape index (κ3) is 2.47. The largest absolute Gasteiger partial charge is 0.397 e. The maximum Gasteiger partial charge on any atom is 0.0709 e. The van der Waals surface area contributed by atoms with Crippen molar-refractivity contribution in [2.75, 3.05) is 23.7 Å². The minimum atomic E-state index is -0.472. The van der Waals surface area contributed by atoms with E-state index in [4.69, 9.17) is 28.9 Å². The van der Waals surface area contributed by atoms with Gasteiger partial charge < -0.3 is 15.7 Å². The molecule has 3 rings (SSSR count). The summed E-state index contributed by atoms with van der Waals surface area (Å²) >= 11 is 12.1. The second kappa shape index (κ2) is 5.28. The van der Waals surface area contributed by atoms with Crippen LogP contribution < -0.4 is 10.6 Å². The molecule has 2 fully saturated rings. The fraction of sp³-hybridized carbons (Fsp3) is 0.600. The summed E-state index contributed by atoms with van der Waals surface area (Å²) in [5, 5.41) is 11.7. The average molecular weight is 315 g/mol. The third-order valence-electron chi connectivity index (χ3n) is 4.84. The van der Waals surface area contributed by atoms with Gasteiger partial charge in [0, 0.05) is 19.0 Å². The fourth-order valence-corrected chi connectivity index (χ4v) is 3.95. The summed E-state index contributed by atoms with van der Waals surface area (Å²) in [5.41, 5.74) is 7.19. The van der Waals surface area contributed by atoms with Crippen LogP contribution in [-0.4, -0.2) is 23.8 Å². The molecule has 0 radical (unpaired) electrons. The molecule has 1 heterocycles. The van der Waals surface area contributed by atoms with Crippen molar-refractivity contribution >= 4 is 34.6 Å². The van der Waals surface area contributed by atoms with Crippen molar-refractivity contribution in [2.24, 2.45) is 5.92 Å². The van der Waals surface area contributed by atoms with Gasteiger partial charge in [0.15, 0.2) is 0 Å². The quantitative estimate of drug-likeness (QED) is 0.777. The van der Waals surface area contributed by atoms with Gasteiger partial charge in [0.1, 0.15) is 0 Å². The first-order chi connectivity index (χ1) is 9.49. The van der Waals surface area contributed by atoms with Gasteiger partial charge in [-0.25, -0.2) is 0 Å². The summed E-state index contributed by atoms with van der Waals surface area (Å²) in [6, 6.07) is 3.55. The van der Waals surface area contributed by atoms with E-state index in [0.717, 1.165) is 44.5 Å². The van der Waals surface area contributed by atoms with Crippen molar-refractivity contribution in [3.63, 3.8) is 0 Å². The van der Waals surface area contributed by atoms with Gasteiger partial charge in [0.25, 0.3) is 0 Å². The molecule has 1 aliphatic carbocycles. The number of halogens is 2. The number of rotatable bonds is 1. The van der Waals surface area contributed by atoms with E-state index >= 15 is 0 Å². The molecule has 1 aromatic carbocycles. The van der Waals surface area contributed by atoms with Crippen LogP contribution in [0, 0.1) is 5.92 Å². The number of nitrogen functional groups attached to an aromatic ring is 1. The van der Waals surface area contributed by atoms with Gasteiger partial charge in [-0.05, 0) is 31.4 Å². The molecule has 1 saturated heterocycles. The molecule has 0 spiro atoms. The Morgan fingerprint density at radius 1 is 1.20 bits per heavy atom. The van der Waals surface area contributed by atoms with Crippen LogP contribution in [0.5, 0.6) is 0 Å². The summed E-state index contributed by atoms with van der Waals surface area (Å²) in [7, 11) is 0. The molecule has 0 aromatic heterocycles. The molecule has 110 valence electrons. The highest BCUT2D eigenvalue weighted by atomic mass is 35.5. The average Bonchev–Trinajstić information content (AvgIpc) is 2.42. The minimum absolute atomic E-state index is 0.332. The summed E-state index contributed by atoms with van der Waals surface area (Å²) < 4.78 is 0. The van der Waals surface area contributed by atoms with Crippen LogP contribution in [0.3, 0.4) is 0 Å². The first-order valence-electron chi connectivity index (χ1n) is 7.21. The number of hydrogen-bond acceptors (Lipinski definition) is 3. The normalized spacial score (nSPS) is 30.1. The number of piperidine rings is 1. The van der Waals surface area contributed by atoms with Crippen molar-refractivity contribution in [2.45, 2.75) is 37.7 Å². The van der Waals surface area contributed by atoms with E-state index in [1.807, 2.05) is 6.07 Å². The van der Waals surface area contributed by atoms with E-state index in [2.05, 4.69) is 4.90 Å². The van der Waals surface area contributed by atoms with Crippen molar-refractivity contribution in [1.82, 2.24) is 0 Å². The van der Waals surface area contributed by atoms with Crippen LogP contribution in [0.1, 0.15) is 32.1 Å². The van der Waals surface area contributed by atoms with Crippen LogP contribution in [-0.2, 0) is 0 Å². The molecule has 1 saturated carbocycles. The Morgan fingerprint density at radius 2 is 1.95 bits per heavy atom. The van der Waals surface area contributed by atoms with Gasteiger partial charge in [0.2, 0.25) is 0 Å². The van der Waals surface area contributed by atoms with E-state index < -0.39 is 5.60 Å². The van der Waals surface area contributed by atoms with Crippen molar-refractivity contribution < 1.29 is 5.11 Å². The lowest BCUT2D eigenvalue weighted by atomic mass is 9.71. The SMILES string of the molecule is Nc1cc(Cl)c(Cl)cc1N1CCC2(O)CCCCC2C1. The number of fused-ring (bicyclic) bond motifs is 1. The smallest absolute Gasteiger partial charge is 0.0709 e. The lowest BCUT2D eigenvalue weighted by Crippen LogP contribution is -2.53. The zero-order valence-electron chi connectivity index (χ0n) is 11.4. The maximum atomic E-state index is 10.7. The molecule has 20 heavy (non-hydrogen) atoms. The first-order valence-corrected chi connectivity index (χ1v) is 7.97. The Hall–Kier alpha value is -0.640. The number of aliphatic hydroxyl groups is 1. The van der Waals surface area contributed by atoms with Crippen LogP contribution in [0.25, 0.3) is 0 Å². The van der Waals surface area contributed by atoms with E-state index in [1.165, 1.54) is 6.42 Å². The topological polar surface area (TPSA) is 49.5 Å². The molecular formula is C15H20Cl2N2O. The number of hydrogen-bond donors (Lipinski definition) is 2. The zero-order valence-corrected chi connectivity index (χ0v) is 12.9. The van der Waals surface area contributed by atoms with Crippen molar-refractivity contribution in [3.8, 4) is 0 Å². The van der Waals surface area contributed by atoms with Crippen LogP contribution >= 0.6 is 23.2 Å². The molecule has 3 nitrogen and oxygen atoms in total. The highest BCUT2D eigenvalue weighted by molar-refractivity contribution is 6.42. The Labute approximate surface area is 129 Å². The number of anilines is 2. The van der Waals surface area contributed by atoms with Gasteiger partial charge in [0.05, 0.1) is 27.0 Å². The summed E-state index contributed by atoms with van der Waals surface area (Å²) in [6.07, 6.45) is 5.17. The predicted molar refractivity (Wildman–Crippen MR) is 84.6 cm³/mol. The molecule has 2 atom stereocenters. The standard InChI is InChI=1S/C15H20Cl2N2O/c16-11-7-13(18)14(8-12(11)17)19-6-5-15(20)4-2-1-3-10(15)9-19/h7-8,10,20H,1-6,9,18H2. The zero-order chi connectivity index (χ0) is 14.3. The monoisotopic (exact) mass is 314 g/mol. The highest BCUT2D eigenvalue weighted by Crippen LogP contribution is 2.42. The molecule has 1 aliphatic heterocycles. The third-order valence-corrected chi connectivity index (χ3v) is 5.56. The van der Waals surface area contributed by atoms with Gasteiger partial charge in [-0.1, -0.05) is 36.0 Å². The molecule has 1 aromatic rings. The van der Waals surface area contributed by atoms with Crippen LogP contribution in [0.15, 0.2) is 12.1 Å².